The van der Waals surface area contributed by atoms with E-state index in [0.29, 0.717) is 12.1 Å². The maximum Gasteiger partial charge on any atom is 0.251 e. The minimum absolute atomic E-state index is 0.0821. The zero-order valence-corrected chi connectivity index (χ0v) is 19.4. The van der Waals surface area contributed by atoms with Gasteiger partial charge in [-0.05, 0) is 72.9 Å². The SMILES string of the molecule is COc1cccc(CCNC(=O)c2ccc(-c3n[nH]c4c3CCc3cc(OC)ccc3-4)cc2)c1. The van der Waals surface area contributed by atoms with Crippen LogP contribution in [-0.2, 0) is 19.3 Å². The lowest BCUT2D eigenvalue weighted by Gasteiger charge is -2.17. The van der Waals surface area contributed by atoms with E-state index in [1.807, 2.05) is 54.6 Å². The number of aryl methyl sites for hydroxylation is 1. The first kappa shape index (κ1) is 21.8. The smallest absolute Gasteiger partial charge is 0.251 e. The van der Waals surface area contributed by atoms with Gasteiger partial charge in [-0.15, -0.1) is 0 Å². The Hall–Kier alpha value is -4.06. The number of H-pyrrole nitrogens is 1. The number of hydrogen-bond acceptors (Lipinski definition) is 4. The van der Waals surface area contributed by atoms with E-state index in [1.165, 1.54) is 16.7 Å². The number of aromatic nitrogens is 2. The Labute approximate surface area is 198 Å². The highest BCUT2D eigenvalue weighted by Gasteiger charge is 2.23. The molecule has 0 spiro atoms. The quantitative estimate of drug-likeness (QED) is 0.420. The van der Waals surface area contributed by atoms with Gasteiger partial charge in [0.1, 0.15) is 11.5 Å². The van der Waals surface area contributed by atoms with Gasteiger partial charge in [0.15, 0.2) is 0 Å². The van der Waals surface area contributed by atoms with Crippen LogP contribution >= 0.6 is 0 Å². The number of hydrogen-bond donors (Lipinski definition) is 2. The Morgan fingerprint density at radius 1 is 0.971 bits per heavy atom. The second-order valence-corrected chi connectivity index (χ2v) is 8.38. The number of ether oxygens (including phenoxy) is 2. The molecule has 0 fully saturated rings. The molecule has 2 N–H and O–H groups in total. The van der Waals surface area contributed by atoms with Crippen LogP contribution in [0.15, 0.2) is 66.7 Å². The van der Waals surface area contributed by atoms with Gasteiger partial charge in [0.25, 0.3) is 5.91 Å². The molecule has 0 saturated heterocycles. The number of carbonyl (C=O) groups excluding carboxylic acids is 1. The molecule has 3 aromatic carbocycles. The van der Waals surface area contributed by atoms with E-state index in [4.69, 9.17) is 9.47 Å². The molecule has 4 aromatic rings. The predicted molar refractivity (Wildman–Crippen MR) is 132 cm³/mol. The molecular formula is C28H27N3O3. The summed E-state index contributed by atoms with van der Waals surface area (Å²) in [5, 5.41) is 10.8. The number of amides is 1. The highest BCUT2D eigenvalue weighted by atomic mass is 16.5. The molecule has 6 nitrogen and oxygen atoms in total. The van der Waals surface area contributed by atoms with Crippen LogP contribution in [-0.4, -0.2) is 36.9 Å². The Bertz CT molecular complexity index is 1330. The first-order chi connectivity index (χ1) is 16.7. The van der Waals surface area contributed by atoms with E-state index in [0.717, 1.165) is 53.3 Å². The van der Waals surface area contributed by atoms with Gasteiger partial charge in [0.05, 0.1) is 25.6 Å². The topological polar surface area (TPSA) is 76.2 Å². The van der Waals surface area contributed by atoms with Crippen molar-refractivity contribution in [1.29, 1.82) is 0 Å². The number of carbonyl (C=O) groups is 1. The van der Waals surface area contributed by atoms with E-state index in [-0.39, 0.29) is 5.91 Å². The average Bonchev–Trinajstić information content (AvgIpc) is 3.33. The Kier molecular flexibility index (Phi) is 6.04. The fraction of sp³-hybridized carbons (Fsp3) is 0.214. The standard InChI is InChI=1S/C28H27N3O3/c1-33-22-5-3-4-18(16-22)14-15-29-28(32)20-8-6-19(7-9-20)26-25-12-10-21-17-23(34-2)11-13-24(21)27(25)31-30-26/h3-9,11,13,16-17H,10,12,14-15H2,1-2H3,(H,29,32)(H,30,31). The molecule has 34 heavy (non-hydrogen) atoms. The third-order valence-electron chi connectivity index (χ3n) is 6.35. The Balaban J connectivity index is 1.26. The van der Waals surface area contributed by atoms with Crippen LogP contribution in [0, 0.1) is 0 Å². The summed E-state index contributed by atoms with van der Waals surface area (Å²) in [6.07, 6.45) is 2.60. The molecule has 0 aliphatic heterocycles. The van der Waals surface area contributed by atoms with Crippen LogP contribution in [0.5, 0.6) is 11.5 Å². The van der Waals surface area contributed by atoms with Gasteiger partial charge in [-0.2, -0.15) is 5.10 Å². The summed E-state index contributed by atoms with van der Waals surface area (Å²) >= 11 is 0. The van der Waals surface area contributed by atoms with Crippen LogP contribution < -0.4 is 14.8 Å². The summed E-state index contributed by atoms with van der Waals surface area (Å²) in [4.78, 5) is 12.6. The number of benzene rings is 3. The van der Waals surface area contributed by atoms with E-state index < -0.39 is 0 Å². The first-order valence-corrected chi connectivity index (χ1v) is 11.4. The lowest BCUT2D eigenvalue weighted by Crippen LogP contribution is -2.25. The molecule has 0 radical (unpaired) electrons. The van der Waals surface area contributed by atoms with Gasteiger partial charge in [-0.3, -0.25) is 9.89 Å². The highest BCUT2D eigenvalue weighted by molar-refractivity contribution is 5.94. The molecule has 1 aromatic heterocycles. The number of methoxy groups -OCH3 is 2. The summed E-state index contributed by atoms with van der Waals surface area (Å²) in [7, 11) is 3.34. The summed E-state index contributed by atoms with van der Waals surface area (Å²) in [6.45, 7) is 0.560. The number of rotatable bonds is 7. The fourth-order valence-electron chi connectivity index (χ4n) is 4.51. The van der Waals surface area contributed by atoms with Gasteiger partial charge in [-0.25, -0.2) is 0 Å². The minimum Gasteiger partial charge on any atom is -0.497 e. The normalized spacial score (nSPS) is 11.9. The van der Waals surface area contributed by atoms with E-state index >= 15 is 0 Å². The van der Waals surface area contributed by atoms with Crippen molar-refractivity contribution in [3.63, 3.8) is 0 Å². The van der Waals surface area contributed by atoms with Crippen LogP contribution in [0.4, 0.5) is 0 Å². The second kappa shape index (κ2) is 9.43. The molecule has 172 valence electrons. The fourth-order valence-corrected chi connectivity index (χ4v) is 4.51. The summed E-state index contributed by atoms with van der Waals surface area (Å²) in [5.74, 6) is 1.61. The number of aromatic amines is 1. The molecule has 0 unspecified atom stereocenters. The maximum atomic E-state index is 12.6. The molecule has 1 heterocycles. The van der Waals surface area contributed by atoms with Gasteiger partial charge in [0.2, 0.25) is 0 Å². The van der Waals surface area contributed by atoms with Crippen molar-refractivity contribution < 1.29 is 14.3 Å². The zero-order valence-electron chi connectivity index (χ0n) is 19.4. The predicted octanol–water partition coefficient (Wildman–Crippen LogP) is 4.83. The Morgan fingerprint density at radius 2 is 1.76 bits per heavy atom. The molecule has 1 amide bonds. The summed E-state index contributed by atoms with van der Waals surface area (Å²) in [6, 6.07) is 21.7. The lowest BCUT2D eigenvalue weighted by atomic mass is 9.87. The van der Waals surface area contributed by atoms with Crippen molar-refractivity contribution in [2.24, 2.45) is 0 Å². The molecule has 0 saturated carbocycles. The summed E-state index contributed by atoms with van der Waals surface area (Å²) < 4.78 is 10.6. The molecule has 5 rings (SSSR count). The zero-order chi connectivity index (χ0) is 23.5. The number of nitrogens with zero attached hydrogens (tertiary/aromatic N) is 1. The van der Waals surface area contributed by atoms with Gasteiger partial charge < -0.3 is 14.8 Å². The van der Waals surface area contributed by atoms with E-state index in [9.17, 15) is 4.79 Å². The van der Waals surface area contributed by atoms with Crippen molar-refractivity contribution in [3.8, 4) is 34.0 Å². The minimum atomic E-state index is -0.0821. The van der Waals surface area contributed by atoms with Crippen molar-refractivity contribution in [3.05, 3.63) is 89.0 Å². The average molecular weight is 454 g/mol. The second-order valence-electron chi connectivity index (χ2n) is 8.38. The molecule has 0 atom stereocenters. The third kappa shape index (κ3) is 4.27. The highest BCUT2D eigenvalue weighted by Crippen LogP contribution is 2.38. The van der Waals surface area contributed by atoms with Crippen molar-refractivity contribution in [2.75, 3.05) is 20.8 Å². The number of nitrogens with one attached hydrogen (secondary N) is 2. The largest absolute Gasteiger partial charge is 0.497 e. The monoisotopic (exact) mass is 453 g/mol. The van der Waals surface area contributed by atoms with Crippen LogP contribution in [0.25, 0.3) is 22.5 Å². The van der Waals surface area contributed by atoms with Gasteiger partial charge in [-0.1, -0.05) is 24.3 Å². The summed E-state index contributed by atoms with van der Waals surface area (Å²) in [5.41, 5.74) is 8.43. The van der Waals surface area contributed by atoms with Gasteiger partial charge in [0, 0.05) is 28.8 Å². The molecule has 0 bridgehead atoms. The Morgan fingerprint density at radius 3 is 2.56 bits per heavy atom. The molecule has 1 aliphatic rings. The van der Waals surface area contributed by atoms with Crippen molar-refractivity contribution in [1.82, 2.24) is 15.5 Å². The lowest BCUT2D eigenvalue weighted by molar-refractivity contribution is 0.0954. The van der Waals surface area contributed by atoms with Crippen LogP contribution in [0.1, 0.15) is 27.0 Å². The van der Waals surface area contributed by atoms with Gasteiger partial charge >= 0.3 is 0 Å². The molecule has 1 aliphatic carbocycles. The first-order valence-electron chi connectivity index (χ1n) is 11.4. The maximum absolute atomic E-state index is 12.6. The van der Waals surface area contributed by atoms with E-state index in [1.54, 1.807) is 14.2 Å². The van der Waals surface area contributed by atoms with Crippen molar-refractivity contribution in [2.45, 2.75) is 19.3 Å². The number of fused-ring (bicyclic) bond motifs is 3. The van der Waals surface area contributed by atoms with Crippen LogP contribution in [0.3, 0.4) is 0 Å². The van der Waals surface area contributed by atoms with Crippen molar-refractivity contribution >= 4 is 5.91 Å². The van der Waals surface area contributed by atoms with E-state index in [2.05, 4.69) is 27.6 Å². The van der Waals surface area contributed by atoms with Crippen LogP contribution in [0.2, 0.25) is 0 Å². The molecule has 6 heteroatoms. The third-order valence-corrected chi connectivity index (χ3v) is 6.35. The molecular weight excluding hydrogens is 426 g/mol.